The topological polar surface area (TPSA) is 76.9 Å². The van der Waals surface area contributed by atoms with Crippen LogP contribution < -0.4 is 15.5 Å². The molecule has 0 amide bonds. The molecule has 0 spiro atoms. The third kappa shape index (κ3) is 4.82. The summed E-state index contributed by atoms with van der Waals surface area (Å²) in [6, 6.07) is 19.6. The van der Waals surface area contributed by atoms with E-state index in [1.807, 2.05) is 12.1 Å². The lowest BCUT2D eigenvalue weighted by atomic mass is 9.99. The van der Waals surface area contributed by atoms with Crippen molar-refractivity contribution in [3.05, 3.63) is 66.4 Å². The van der Waals surface area contributed by atoms with Gasteiger partial charge in [0, 0.05) is 36.3 Å². The van der Waals surface area contributed by atoms with Crippen LogP contribution in [0.4, 0.5) is 28.8 Å². The van der Waals surface area contributed by atoms with Crippen LogP contribution in [-0.2, 0) is 0 Å². The highest BCUT2D eigenvalue weighted by molar-refractivity contribution is 5.62. The van der Waals surface area contributed by atoms with Gasteiger partial charge in [0.2, 0.25) is 5.95 Å². The molecule has 0 aliphatic carbocycles. The van der Waals surface area contributed by atoms with E-state index in [1.54, 1.807) is 24.4 Å². The van der Waals surface area contributed by atoms with Gasteiger partial charge >= 0.3 is 0 Å². The highest BCUT2D eigenvalue weighted by Gasteiger charge is 2.15. The van der Waals surface area contributed by atoms with E-state index < -0.39 is 0 Å². The maximum absolute atomic E-state index is 9.03. The minimum atomic E-state index is 0.519. The van der Waals surface area contributed by atoms with Gasteiger partial charge in [0.15, 0.2) is 0 Å². The molecule has 2 N–H and O–H groups in total. The number of nitrogens with zero attached hydrogens (tertiary/aromatic N) is 4. The van der Waals surface area contributed by atoms with Crippen molar-refractivity contribution in [2.24, 2.45) is 5.92 Å². The number of hydrogen-bond acceptors (Lipinski definition) is 6. The summed E-state index contributed by atoms with van der Waals surface area (Å²) in [7, 11) is 0. The van der Waals surface area contributed by atoms with Crippen molar-refractivity contribution in [1.82, 2.24) is 9.97 Å². The van der Waals surface area contributed by atoms with Crippen LogP contribution >= 0.6 is 0 Å². The molecular formula is C23H24N6. The van der Waals surface area contributed by atoms with Crippen LogP contribution in [0, 0.1) is 17.2 Å². The molecule has 0 atom stereocenters. The monoisotopic (exact) mass is 384 g/mol. The summed E-state index contributed by atoms with van der Waals surface area (Å²) < 4.78 is 0. The predicted octanol–water partition coefficient (Wildman–Crippen LogP) is 5.07. The molecule has 3 aromatic rings. The molecule has 0 bridgehead atoms. The molecule has 0 unspecified atom stereocenters. The summed E-state index contributed by atoms with van der Waals surface area (Å²) in [6.07, 6.45) is 4.21. The maximum Gasteiger partial charge on any atom is 0.229 e. The number of nitriles is 1. The van der Waals surface area contributed by atoms with Crippen LogP contribution in [0.1, 0.15) is 25.3 Å². The largest absolute Gasteiger partial charge is 0.372 e. The van der Waals surface area contributed by atoms with Gasteiger partial charge in [-0.1, -0.05) is 13.0 Å². The van der Waals surface area contributed by atoms with E-state index in [1.165, 1.54) is 18.5 Å². The number of aromatic nitrogens is 2. The predicted molar refractivity (Wildman–Crippen MR) is 117 cm³/mol. The molecule has 6 heteroatoms. The Labute approximate surface area is 171 Å². The Morgan fingerprint density at radius 2 is 1.79 bits per heavy atom. The first kappa shape index (κ1) is 18.8. The van der Waals surface area contributed by atoms with Gasteiger partial charge in [-0.05, 0) is 67.3 Å². The summed E-state index contributed by atoms with van der Waals surface area (Å²) >= 11 is 0. The van der Waals surface area contributed by atoms with E-state index in [-0.39, 0.29) is 0 Å². The van der Waals surface area contributed by atoms with E-state index in [0.29, 0.717) is 17.3 Å². The van der Waals surface area contributed by atoms with Gasteiger partial charge in [-0.3, -0.25) is 0 Å². The average Bonchev–Trinajstić information content (AvgIpc) is 2.75. The van der Waals surface area contributed by atoms with Gasteiger partial charge < -0.3 is 15.5 Å². The molecule has 2 heterocycles. The van der Waals surface area contributed by atoms with Gasteiger partial charge in [0.25, 0.3) is 0 Å². The number of anilines is 5. The van der Waals surface area contributed by atoms with Crippen molar-refractivity contribution in [2.45, 2.75) is 19.8 Å². The third-order valence-corrected chi connectivity index (χ3v) is 5.19. The minimum absolute atomic E-state index is 0.519. The quantitative estimate of drug-likeness (QED) is 0.639. The average molecular weight is 384 g/mol. The molecule has 146 valence electrons. The molecule has 29 heavy (non-hydrogen) atoms. The SMILES string of the molecule is CC1CCN(c2ccc(Nc3nccc(Nc4cccc(C#N)c4)n3)cc2)CC1. The molecule has 1 fully saturated rings. The fourth-order valence-electron chi connectivity index (χ4n) is 3.45. The number of rotatable bonds is 5. The molecule has 2 aromatic carbocycles. The Bertz CT molecular complexity index is 1000. The first-order chi connectivity index (χ1) is 14.2. The van der Waals surface area contributed by atoms with E-state index in [4.69, 9.17) is 5.26 Å². The number of piperidine rings is 1. The van der Waals surface area contributed by atoms with Crippen LogP contribution in [0.5, 0.6) is 0 Å². The smallest absolute Gasteiger partial charge is 0.229 e. The van der Waals surface area contributed by atoms with Gasteiger partial charge in [-0.25, -0.2) is 4.98 Å². The first-order valence-electron chi connectivity index (χ1n) is 9.92. The summed E-state index contributed by atoms with van der Waals surface area (Å²) in [6.45, 7) is 4.57. The van der Waals surface area contributed by atoms with Crippen LogP contribution in [-0.4, -0.2) is 23.1 Å². The van der Waals surface area contributed by atoms with Gasteiger partial charge in [-0.2, -0.15) is 10.2 Å². The highest BCUT2D eigenvalue weighted by atomic mass is 15.1. The summed E-state index contributed by atoms with van der Waals surface area (Å²) in [5, 5.41) is 15.5. The summed E-state index contributed by atoms with van der Waals surface area (Å²) in [5.74, 6) is 2.01. The van der Waals surface area contributed by atoms with Crippen molar-refractivity contribution in [1.29, 1.82) is 5.26 Å². The third-order valence-electron chi connectivity index (χ3n) is 5.19. The Hall–Kier alpha value is -3.59. The molecule has 6 nitrogen and oxygen atoms in total. The molecule has 0 saturated carbocycles. The zero-order valence-corrected chi connectivity index (χ0v) is 16.5. The van der Waals surface area contributed by atoms with E-state index >= 15 is 0 Å². The summed E-state index contributed by atoms with van der Waals surface area (Å²) in [4.78, 5) is 11.3. The van der Waals surface area contributed by atoms with Crippen LogP contribution in [0.2, 0.25) is 0 Å². The fraction of sp³-hybridized carbons (Fsp3) is 0.261. The Kier molecular flexibility index (Phi) is 5.57. The Morgan fingerprint density at radius 1 is 1.00 bits per heavy atom. The van der Waals surface area contributed by atoms with Gasteiger partial charge in [-0.15, -0.1) is 0 Å². The van der Waals surface area contributed by atoms with E-state index in [0.717, 1.165) is 30.4 Å². The fourth-order valence-corrected chi connectivity index (χ4v) is 3.45. The van der Waals surface area contributed by atoms with Crippen molar-refractivity contribution in [3.8, 4) is 6.07 Å². The van der Waals surface area contributed by atoms with Gasteiger partial charge in [0.1, 0.15) is 5.82 Å². The number of nitrogens with one attached hydrogen (secondary N) is 2. The number of benzene rings is 2. The van der Waals surface area contributed by atoms with Crippen LogP contribution in [0.25, 0.3) is 0 Å². The standard InChI is InChI=1S/C23H24N6/c1-17-10-13-29(14-11-17)21-7-5-19(6-8-21)27-23-25-12-9-22(28-23)26-20-4-2-3-18(15-20)16-24/h2-9,12,15,17H,10-11,13-14H2,1H3,(H2,25,26,27,28). The van der Waals surface area contributed by atoms with Crippen molar-refractivity contribution < 1.29 is 0 Å². The molecule has 1 aromatic heterocycles. The lowest BCUT2D eigenvalue weighted by Crippen LogP contribution is -2.32. The lowest BCUT2D eigenvalue weighted by molar-refractivity contribution is 0.438. The molecule has 1 saturated heterocycles. The second kappa shape index (κ2) is 8.61. The molecular weight excluding hydrogens is 360 g/mol. The maximum atomic E-state index is 9.03. The second-order valence-electron chi connectivity index (χ2n) is 7.42. The van der Waals surface area contributed by atoms with E-state index in [2.05, 4.69) is 62.8 Å². The second-order valence-corrected chi connectivity index (χ2v) is 7.42. The minimum Gasteiger partial charge on any atom is -0.372 e. The molecule has 1 aliphatic rings. The lowest BCUT2D eigenvalue weighted by Gasteiger charge is -2.32. The van der Waals surface area contributed by atoms with Crippen molar-refractivity contribution in [3.63, 3.8) is 0 Å². The Morgan fingerprint density at radius 3 is 2.55 bits per heavy atom. The zero-order chi connectivity index (χ0) is 20.1. The van der Waals surface area contributed by atoms with Gasteiger partial charge in [0.05, 0.1) is 11.6 Å². The van der Waals surface area contributed by atoms with Crippen molar-refractivity contribution in [2.75, 3.05) is 28.6 Å². The summed E-state index contributed by atoms with van der Waals surface area (Å²) in [5.41, 5.74) is 3.62. The zero-order valence-electron chi connectivity index (χ0n) is 16.5. The number of hydrogen-bond donors (Lipinski definition) is 2. The normalized spacial score (nSPS) is 14.3. The highest BCUT2D eigenvalue weighted by Crippen LogP contribution is 2.25. The molecule has 1 aliphatic heterocycles. The van der Waals surface area contributed by atoms with Crippen molar-refractivity contribution >= 4 is 28.8 Å². The first-order valence-corrected chi connectivity index (χ1v) is 9.92. The van der Waals surface area contributed by atoms with E-state index in [9.17, 15) is 0 Å². The Balaban J connectivity index is 1.42. The molecule has 0 radical (unpaired) electrons. The van der Waals surface area contributed by atoms with Crippen LogP contribution in [0.3, 0.4) is 0 Å². The van der Waals surface area contributed by atoms with Crippen LogP contribution in [0.15, 0.2) is 60.8 Å². The molecule has 4 rings (SSSR count).